The number of nitrogens with zero attached hydrogens (tertiary/aromatic N) is 3. The van der Waals surface area contributed by atoms with Crippen LogP contribution >= 0.6 is 24.8 Å². The Balaban J connectivity index is 0. The fourth-order valence-electron chi connectivity index (χ4n) is 1.61. The van der Waals surface area contributed by atoms with Crippen LogP contribution in [0, 0.1) is 5.41 Å². The van der Waals surface area contributed by atoms with Gasteiger partial charge < -0.3 is 15.8 Å². The van der Waals surface area contributed by atoms with Crippen LogP contribution in [0.15, 0.2) is 17.3 Å². The third-order valence-electron chi connectivity index (χ3n) is 2.69. The van der Waals surface area contributed by atoms with Crippen LogP contribution in [-0.2, 0) is 11.2 Å². The van der Waals surface area contributed by atoms with Crippen LogP contribution < -0.4 is 11.1 Å². The average Bonchev–Trinajstić information content (AvgIpc) is 2.49. The number of hydrogen-bond donors (Lipinski definition) is 3. The lowest BCUT2D eigenvalue weighted by Crippen LogP contribution is -2.26. The molecule has 4 N–H and O–H groups in total. The first-order valence-corrected chi connectivity index (χ1v) is 6.87. The molecule has 25 heavy (non-hydrogen) atoms. The van der Waals surface area contributed by atoms with Crippen LogP contribution in [0.4, 0.5) is 19.0 Å². The maximum absolute atomic E-state index is 12.0. The molecule has 0 aliphatic heterocycles. The Hall–Kier alpha value is -1.81. The second-order valence-corrected chi connectivity index (χ2v) is 4.63. The zero-order valence-corrected chi connectivity index (χ0v) is 15.1. The van der Waals surface area contributed by atoms with E-state index in [-0.39, 0.29) is 42.5 Å². The van der Waals surface area contributed by atoms with Crippen LogP contribution in [0.5, 0.6) is 0 Å². The number of halogens is 5. The van der Waals surface area contributed by atoms with Crippen molar-refractivity contribution in [3.8, 4) is 0 Å². The van der Waals surface area contributed by atoms with Crippen molar-refractivity contribution in [3.63, 3.8) is 0 Å². The first-order chi connectivity index (χ1) is 10.8. The van der Waals surface area contributed by atoms with Crippen molar-refractivity contribution >= 4 is 42.5 Å². The fourth-order valence-corrected chi connectivity index (χ4v) is 1.61. The maximum Gasteiger partial charge on any atom is 0.408 e. The average molecular weight is 405 g/mol. The molecule has 0 unspecified atom stereocenters. The predicted octanol–water partition coefficient (Wildman–Crippen LogP) is 2.95. The molecule has 144 valence electrons. The number of alkyl halides is 3. The lowest BCUT2D eigenvalue weighted by Gasteiger charge is -2.07. The van der Waals surface area contributed by atoms with Crippen molar-refractivity contribution in [2.45, 2.75) is 31.9 Å². The van der Waals surface area contributed by atoms with Gasteiger partial charge >= 0.3 is 6.18 Å². The minimum atomic E-state index is -4.40. The van der Waals surface area contributed by atoms with Crippen molar-refractivity contribution < 1.29 is 17.9 Å². The van der Waals surface area contributed by atoms with Crippen molar-refractivity contribution in [1.29, 1.82) is 5.41 Å². The van der Waals surface area contributed by atoms with Crippen LogP contribution in [0.2, 0.25) is 0 Å². The molecule has 0 amide bonds. The molecule has 12 heteroatoms. The van der Waals surface area contributed by atoms with Crippen LogP contribution in [0.3, 0.4) is 0 Å². The number of aryl methyl sites for hydroxylation is 1. The van der Waals surface area contributed by atoms with Crippen LogP contribution in [0.1, 0.15) is 25.1 Å². The molecule has 0 spiro atoms. The van der Waals surface area contributed by atoms with Crippen molar-refractivity contribution in [1.82, 2.24) is 9.97 Å². The minimum Gasteiger partial charge on any atom is -0.484 e. The molecule has 0 saturated carbocycles. The zero-order valence-electron chi connectivity index (χ0n) is 13.5. The highest BCUT2D eigenvalue weighted by Crippen LogP contribution is 2.14. The standard InChI is InChI=1S/C13H19F3N6O.2ClH/c1-23-9(17)4-2-3-5-10-19-7-6-11(21-10)22-12(18)20-8-13(14,15)16;;/h6-7,17H,2-5,8H2,1H3,(H3,18,19,20,21,22);2*1H. The third kappa shape index (κ3) is 12.2. The van der Waals surface area contributed by atoms with E-state index in [4.69, 9.17) is 15.9 Å². The second-order valence-electron chi connectivity index (χ2n) is 4.63. The second kappa shape index (κ2) is 12.5. The Morgan fingerprint density at radius 1 is 1.36 bits per heavy atom. The summed E-state index contributed by atoms with van der Waals surface area (Å²) >= 11 is 0. The molecule has 0 aromatic carbocycles. The maximum atomic E-state index is 12.0. The summed E-state index contributed by atoms with van der Waals surface area (Å²) in [5, 5.41) is 9.84. The van der Waals surface area contributed by atoms with E-state index in [1.807, 2.05) is 0 Å². The minimum absolute atomic E-state index is 0. The van der Waals surface area contributed by atoms with Gasteiger partial charge in [-0.05, 0) is 18.9 Å². The summed E-state index contributed by atoms with van der Waals surface area (Å²) in [5.41, 5.74) is 5.37. The predicted molar refractivity (Wildman–Crippen MR) is 95.0 cm³/mol. The molecule has 0 aliphatic rings. The highest BCUT2D eigenvalue weighted by atomic mass is 35.5. The number of aromatic nitrogens is 2. The molecule has 0 bridgehead atoms. The Kier molecular flexibility index (Phi) is 12.8. The molecule has 0 fully saturated rings. The third-order valence-corrected chi connectivity index (χ3v) is 2.69. The smallest absolute Gasteiger partial charge is 0.408 e. The van der Waals surface area contributed by atoms with Gasteiger partial charge in [0.1, 0.15) is 18.2 Å². The Labute approximate surface area is 156 Å². The van der Waals surface area contributed by atoms with E-state index in [2.05, 4.69) is 20.3 Å². The van der Waals surface area contributed by atoms with Gasteiger partial charge in [-0.2, -0.15) is 13.2 Å². The molecule has 0 radical (unpaired) electrons. The monoisotopic (exact) mass is 404 g/mol. The summed E-state index contributed by atoms with van der Waals surface area (Å²) in [5.74, 6) is 0.668. The van der Waals surface area contributed by atoms with Gasteiger partial charge in [-0.3, -0.25) is 5.41 Å². The summed E-state index contributed by atoms with van der Waals surface area (Å²) in [6.07, 6.45) is -0.300. The summed E-state index contributed by atoms with van der Waals surface area (Å²) in [7, 11) is 1.45. The number of guanidine groups is 1. The summed E-state index contributed by atoms with van der Waals surface area (Å²) in [4.78, 5) is 11.4. The number of aliphatic imine (C=N–C) groups is 1. The van der Waals surface area contributed by atoms with E-state index in [1.54, 1.807) is 0 Å². The molecule has 1 aromatic rings. The number of rotatable bonds is 7. The van der Waals surface area contributed by atoms with E-state index in [0.717, 1.165) is 12.8 Å². The first kappa shape index (κ1) is 25.4. The summed E-state index contributed by atoms with van der Waals surface area (Å²) in [6.45, 7) is -1.35. The molecule has 1 heterocycles. The summed E-state index contributed by atoms with van der Waals surface area (Å²) in [6, 6.07) is 1.49. The van der Waals surface area contributed by atoms with Crippen molar-refractivity contribution in [3.05, 3.63) is 18.1 Å². The van der Waals surface area contributed by atoms with Gasteiger partial charge in [0.2, 0.25) is 0 Å². The Morgan fingerprint density at radius 2 is 2.04 bits per heavy atom. The van der Waals surface area contributed by atoms with E-state index in [0.29, 0.717) is 18.7 Å². The number of hydrogen-bond acceptors (Lipinski definition) is 5. The Bertz CT molecular complexity index is 557. The molecule has 0 aliphatic carbocycles. The summed E-state index contributed by atoms with van der Waals surface area (Å²) < 4.78 is 40.8. The van der Waals surface area contributed by atoms with Gasteiger partial charge in [0.25, 0.3) is 0 Å². The van der Waals surface area contributed by atoms with E-state index >= 15 is 0 Å². The molecular formula is C13H21Cl2F3N6O. The lowest BCUT2D eigenvalue weighted by molar-refractivity contribution is -0.118. The van der Waals surface area contributed by atoms with Gasteiger partial charge in [-0.25, -0.2) is 15.0 Å². The SMILES string of the molecule is COC(=N)CCCCc1nccc(NC(N)=NCC(F)(F)F)n1.Cl.Cl. The molecular weight excluding hydrogens is 384 g/mol. The lowest BCUT2D eigenvalue weighted by atomic mass is 10.2. The number of ether oxygens (including phenoxy) is 1. The number of unbranched alkanes of at least 4 members (excludes halogenated alkanes) is 1. The molecule has 7 nitrogen and oxygen atoms in total. The number of anilines is 1. The molecule has 0 saturated heterocycles. The zero-order chi connectivity index (χ0) is 17.3. The van der Waals surface area contributed by atoms with E-state index < -0.39 is 12.7 Å². The highest BCUT2D eigenvalue weighted by molar-refractivity contribution is 5.91. The molecule has 1 aromatic heterocycles. The number of nitrogens with one attached hydrogen (secondary N) is 2. The van der Waals surface area contributed by atoms with Gasteiger partial charge in [-0.1, -0.05) is 0 Å². The number of nitrogens with two attached hydrogens (primary N) is 1. The first-order valence-electron chi connectivity index (χ1n) is 6.87. The van der Waals surface area contributed by atoms with Crippen LogP contribution in [0.25, 0.3) is 0 Å². The highest BCUT2D eigenvalue weighted by Gasteiger charge is 2.26. The topological polar surface area (TPSA) is 109 Å². The number of methoxy groups -OCH3 is 1. The Morgan fingerprint density at radius 3 is 2.64 bits per heavy atom. The van der Waals surface area contributed by atoms with E-state index in [9.17, 15) is 13.2 Å². The van der Waals surface area contributed by atoms with E-state index in [1.165, 1.54) is 19.4 Å². The van der Waals surface area contributed by atoms with Crippen LogP contribution in [-0.4, -0.2) is 41.7 Å². The van der Waals surface area contributed by atoms with Gasteiger partial charge in [0, 0.05) is 19.0 Å². The molecule has 0 atom stereocenters. The van der Waals surface area contributed by atoms with Gasteiger partial charge in [0.05, 0.1) is 7.11 Å². The van der Waals surface area contributed by atoms with Crippen molar-refractivity contribution in [2.75, 3.05) is 19.0 Å². The largest absolute Gasteiger partial charge is 0.484 e. The van der Waals surface area contributed by atoms with Crippen molar-refractivity contribution in [2.24, 2.45) is 10.7 Å². The fraction of sp³-hybridized carbons (Fsp3) is 0.538. The normalized spacial score (nSPS) is 11.1. The molecule has 1 rings (SSSR count). The van der Waals surface area contributed by atoms with Gasteiger partial charge in [-0.15, -0.1) is 24.8 Å². The quantitative estimate of drug-likeness (QED) is 0.367. The van der Waals surface area contributed by atoms with Gasteiger partial charge in [0.15, 0.2) is 11.9 Å².